The molecule has 0 aliphatic rings. The predicted octanol–water partition coefficient (Wildman–Crippen LogP) is 4.91. The maximum absolute atomic E-state index is 13.2. The molecule has 0 spiro atoms. The number of hydrogen-bond acceptors (Lipinski definition) is 3. The van der Waals surface area contributed by atoms with Gasteiger partial charge < -0.3 is 5.32 Å². The second-order valence-corrected chi connectivity index (χ2v) is 7.12. The monoisotopic (exact) mass is 370 g/mol. The van der Waals surface area contributed by atoms with Gasteiger partial charge in [-0.3, -0.25) is 4.79 Å². The normalized spacial score (nSPS) is 11.0. The molecule has 4 aromatic rings. The number of carbonyl (C=O) groups is 1. The van der Waals surface area contributed by atoms with E-state index in [1.54, 1.807) is 4.68 Å². The molecule has 0 saturated carbocycles. The molecule has 4 rings (SSSR count). The summed E-state index contributed by atoms with van der Waals surface area (Å²) < 4.78 is 1.80. The van der Waals surface area contributed by atoms with Crippen LogP contribution in [0, 0.1) is 27.7 Å². The number of pyridine rings is 1. The molecule has 0 aliphatic heterocycles. The molecule has 2 heterocycles. The van der Waals surface area contributed by atoms with Crippen LogP contribution in [0.15, 0.2) is 54.6 Å². The van der Waals surface area contributed by atoms with E-state index in [0.29, 0.717) is 11.2 Å². The summed E-state index contributed by atoms with van der Waals surface area (Å²) in [4.78, 5) is 17.8. The molecule has 2 aromatic heterocycles. The zero-order chi connectivity index (χ0) is 19.8. The lowest BCUT2D eigenvalue weighted by Gasteiger charge is -2.11. The lowest BCUT2D eigenvalue weighted by atomic mass is 10.1. The highest BCUT2D eigenvalue weighted by atomic mass is 16.1. The Hall–Kier alpha value is -3.47. The van der Waals surface area contributed by atoms with Gasteiger partial charge in [0.15, 0.2) is 5.65 Å². The lowest BCUT2D eigenvalue weighted by Crippen LogP contribution is -2.14. The number of rotatable bonds is 3. The molecule has 0 atom stereocenters. The Balaban J connectivity index is 1.84. The fourth-order valence-corrected chi connectivity index (χ4v) is 3.40. The van der Waals surface area contributed by atoms with Crippen LogP contribution in [-0.2, 0) is 0 Å². The van der Waals surface area contributed by atoms with Crippen LogP contribution in [-0.4, -0.2) is 20.7 Å². The zero-order valence-corrected chi connectivity index (χ0v) is 16.4. The van der Waals surface area contributed by atoms with Gasteiger partial charge in [0, 0.05) is 11.4 Å². The van der Waals surface area contributed by atoms with Crippen LogP contribution in [0.1, 0.15) is 32.9 Å². The Morgan fingerprint density at radius 3 is 2.46 bits per heavy atom. The Bertz CT molecular complexity index is 1190. The van der Waals surface area contributed by atoms with E-state index in [1.807, 2.05) is 82.3 Å². The Morgan fingerprint density at radius 1 is 0.964 bits per heavy atom. The third kappa shape index (κ3) is 3.16. The van der Waals surface area contributed by atoms with Crippen LogP contribution in [0.3, 0.4) is 0 Å². The van der Waals surface area contributed by atoms with Crippen molar-refractivity contribution < 1.29 is 4.79 Å². The quantitative estimate of drug-likeness (QED) is 0.558. The molecule has 1 N–H and O–H groups in total. The summed E-state index contributed by atoms with van der Waals surface area (Å²) in [5, 5.41) is 8.49. The summed E-state index contributed by atoms with van der Waals surface area (Å²) in [7, 11) is 0. The van der Waals surface area contributed by atoms with Gasteiger partial charge in [-0.2, -0.15) is 5.10 Å². The summed E-state index contributed by atoms with van der Waals surface area (Å²) in [6.45, 7) is 7.80. The molecular formula is C23H22N4O. The van der Waals surface area contributed by atoms with Crippen LogP contribution >= 0.6 is 0 Å². The fourth-order valence-electron chi connectivity index (χ4n) is 3.40. The maximum atomic E-state index is 13.2. The van der Waals surface area contributed by atoms with E-state index in [-0.39, 0.29) is 5.91 Å². The topological polar surface area (TPSA) is 59.8 Å². The number of nitrogens with zero attached hydrogens (tertiary/aromatic N) is 3. The highest BCUT2D eigenvalue weighted by Gasteiger charge is 2.20. The maximum Gasteiger partial charge on any atom is 0.256 e. The zero-order valence-electron chi connectivity index (χ0n) is 16.4. The van der Waals surface area contributed by atoms with Gasteiger partial charge >= 0.3 is 0 Å². The molecule has 0 saturated heterocycles. The first-order chi connectivity index (χ1) is 13.4. The number of aromatic nitrogens is 3. The standard InChI is InChI=1S/C23H22N4O/c1-14-10-11-15(2)20(12-14)25-23(28)19-13-16(3)24-22-21(19)17(4)26-27(22)18-8-6-5-7-9-18/h5-13H,1-4H3,(H,25,28). The molecule has 1 amide bonds. The number of anilines is 1. The van der Waals surface area contributed by atoms with Gasteiger partial charge in [-0.25, -0.2) is 9.67 Å². The van der Waals surface area contributed by atoms with Crippen molar-refractivity contribution in [2.75, 3.05) is 5.32 Å². The van der Waals surface area contributed by atoms with Crippen molar-refractivity contribution >= 4 is 22.6 Å². The predicted molar refractivity (Wildman–Crippen MR) is 112 cm³/mol. The van der Waals surface area contributed by atoms with Crippen LogP contribution in [0.2, 0.25) is 0 Å². The van der Waals surface area contributed by atoms with Crippen molar-refractivity contribution in [3.05, 3.63) is 82.7 Å². The molecule has 0 unspecified atom stereocenters. The molecule has 0 bridgehead atoms. The van der Waals surface area contributed by atoms with E-state index < -0.39 is 0 Å². The Labute approximate surface area is 164 Å². The molecule has 140 valence electrons. The van der Waals surface area contributed by atoms with Crippen molar-refractivity contribution in [2.45, 2.75) is 27.7 Å². The van der Waals surface area contributed by atoms with Crippen LogP contribution in [0.25, 0.3) is 16.7 Å². The van der Waals surface area contributed by atoms with E-state index in [2.05, 4.69) is 15.4 Å². The van der Waals surface area contributed by atoms with Gasteiger partial charge in [-0.15, -0.1) is 0 Å². The minimum Gasteiger partial charge on any atom is -0.322 e. The van der Waals surface area contributed by atoms with Gasteiger partial charge in [0.05, 0.1) is 22.3 Å². The lowest BCUT2D eigenvalue weighted by molar-refractivity contribution is 0.102. The van der Waals surface area contributed by atoms with Crippen LogP contribution < -0.4 is 5.32 Å². The third-order valence-electron chi connectivity index (χ3n) is 4.83. The number of nitrogens with one attached hydrogen (secondary N) is 1. The van der Waals surface area contributed by atoms with Gasteiger partial charge in [0.1, 0.15) is 0 Å². The van der Waals surface area contributed by atoms with Crippen molar-refractivity contribution in [2.24, 2.45) is 0 Å². The molecule has 0 fully saturated rings. The summed E-state index contributed by atoms with van der Waals surface area (Å²) in [6, 6.07) is 17.7. The van der Waals surface area contributed by atoms with E-state index in [4.69, 9.17) is 0 Å². The Kier molecular flexibility index (Phi) is 4.43. The molecule has 0 aliphatic carbocycles. The number of benzene rings is 2. The van der Waals surface area contributed by atoms with Crippen LogP contribution in [0.4, 0.5) is 5.69 Å². The molecule has 5 heteroatoms. The van der Waals surface area contributed by atoms with Crippen molar-refractivity contribution in [1.29, 1.82) is 0 Å². The van der Waals surface area contributed by atoms with E-state index >= 15 is 0 Å². The number of para-hydroxylation sites is 1. The number of fused-ring (bicyclic) bond motifs is 1. The third-order valence-corrected chi connectivity index (χ3v) is 4.83. The first kappa shape index (κ1) is 17.9. The van der Waals surface area contributed by atoms with Crippen molar-refractivity contribution in [1.82, 2.24) is 14.8 Å². The minimum absolute atomic E-state index is 0.153. The summed E-state index contributed by atoms with van der Waals surface area (Å²) in [5.41, 5.74) is 6.69. The average Bonchev–Trinajstić information content (AvgIpc) is 3.01. The first-order valence-electron chi connectivity index (χ1n) is 9.25. The average molecular weight is 370 g/mol. The van der Waals surface area contributed by atoms with E-state index in [9.17, 15) is 4.79 Å². The van der Waals surface area contributed by atoms with Gasteiger partial charge in [-0.05, 0) is 63.1 Å². The summed E-state index contributed by atoms with van der Waals surface area (Å²) >= 11 is 0. The van der Waals surface area contributed by atoms with Gasteiger partial charge in [0.25, 0.3) is 5.91 Å². The molecule has 0 radical (unpaired) electrons. The van der Waals surface area contributed by atoms with Gasteiger partial charge in [-0.1, -0.05) is 30.3 Å². The SMILES string of the molecule is Cc1ccc(C)c(NC(=O)c2cc(C)nc3c2c(C)nn3-c2ccccc2)c1. The Morgan fingerprint density at radius 2 is 1.71 bits per heavy atom. The molecule has 2 aromatic carbocycles. The second kappa shape index (κ2) is 6.93. The second-order valence-electron chi connectivity index (χ2n) is 7.12. The first-order valence-corrected chi connectivity index (χ1v) is 9.25. The highest BCUT2D eigenvalue weighted by Crippen LogP contribution is 2.26. The minimum atomic E-state index is -0.153. The molecule has 5 nitrogen and oxygen atoms in total. The smallest absolute Gasteiger partial charge is 0.256 e. The molecular weight excluding hydrogens is 348 g/mol. The highest BCUT2D eigenvalue weighted by molar-refractivity contribution is 6.13. The number of amides is 1. The van der Waals surface area contributed by atoms with Gasteiger partial charge in [0.2, 0.25) is 0 Å². The van der Waals surface area contributed by atoms with E-state index in [1.165, 1.54) is 0 Å². The summed E-state index contributed by atoms with van der Waals surface area (Å²) in [5.74, 6) is -0.153. The number of aryl methyl sites for hydroxylation is 4. The largest absolute Gasteiger partial charge is 0.322 e. The van der Waals surface area contributed by atoms with Crippen LogP contribution in [0.5, 0.6) is 0 Å². The van der Waals surface area contributed by atoms with Crippen molar-refractivity contribution in [3.8, 4) is 5.69 Å². The fraction of sp³-hybridized carbons (Fsp3) is 0.174. The molecule has 28 heavy (non-hydrogen) atoms. The van der Waals surface area contributed by atoms with Crippen molar-refractivity contribution in [3.63, 3.8) is 0 Å². The van der Waals surface area contributed by atoms with E-state index in [0.717, 1.165) is 39.3 Å². The summed E-state index contributed by atoms with van der Waals surface area (Å²) in [6.07, 6.45) is 0. The number of carbonyl (C=O) groups excluding carboxylic acids is 1. The number of hydrogen-bond donors (Lipinski definition) is 1.